The Kier molecular flexibility index (Phi) is 5.24. The zero-order valence-electron chi connectivity index (χ0n) is 16.0. The smallest absolute Gasteiger partial charge is 0.273 e. The number of hydrogen-bond acceptors (Lipinski definition) is 6. The van der Waals surface area contributed by atoms with Gasteiger partial charge in [-0.2, -0.15) is 0 Å². The lowest BCUT2D eigenvalue weighted by molar-refractivity contribution is -0.0596. The molecule has 0 amide bonds. The van der Waals surface area contributed by atoms with Crippen LogP contribution in [0.3, 0.4) is 0 Å². The summed E-state index contributed by atoms with van der Waals surface area (Å²) in [6.07, 6.45) is 6.15. The number of sulfonamides is 1. The fourth-order valence-corrected chi connectivity index (χ4v) is 7.25. The number of morpholine rings is 1. The number of nitrogens with one attached hydrogen (secondary N) is 2. The summed E-state index contributed by atoms with van der Waals surface area (Å²) in [7, 11) is -3.81. The van der Waals surface area contributed by atoms with Gasteiger partial charge in [0.1, 0.15) is 5.01 Å². The van der Waals surface area contributed by atoms with E-state index in [2.05, 4.69) is 19.6 Å². The number of fused-ring (bicyclic) bond motifs is 1. The van der Waals surface area contributed by atoms with Gasteiger partial charge in [0.25, 0.3) is 10.0 Å². The number of anilines is 1. The minimum atomic E-state index is -3.81. The summed E-state index contributed by atoms with van der Waals surface area (Å²) in [6.45, 7) is 3.09. The highest BCUT2D eigenvalue weighted by Crippen LogP contribution is 2.48. The van der Waals surface area contributed by atoms with Crippen molar-refractivity contribution in [3.8, 4) is 0 Å². The van der Waals surface area contributed by atoms with E-state index >= 15 is 0 Å². The molecule has 11 heteroatoms. The molecule has 2 aliphatic rings. The molecule has 0 bridgehead atoms. The zero-order valence-corrected chi connectivity index (χ0v) is 19.1. The molecule has 2 fully saturated rings. The predicted octanol–water partition coefficient (Wildman–Crippen LogP) is 4.44. The summed E-state index contributed by atoms with van der Waals surface area (Å²) in [5, 5.41) is 2.34. The average molecular weight is 487 g/mol. The molecule has 0 radical (unpaired) electrons. The Morgan fingerprint density at radius 3 is 2.67 bits per heavy atom. The van der Waals surface area contributed by atoms with Gasteiger partial charge in [0, 0.05) is 24.7 Å². The van der Waals surface area contributed by atoms with Gasteiger partial charge in [-0.25, -0.2) is 13.4 Å². The lowest BCUT2D eigenvalue weighted by Gasteiger charge is -2.50. The van der Waals surface area contributed by atoms with Crippen LogP contribution in [0.25, 0.3) is 10.9 Å². The number of halogens is 2. The largest absolute Gasteiger partial charge is 0.379 e. The fraction of sp³-hybridized carbons (Fsp3) is 0.421. The first-order chi connectivity index (χ1) is 14.4. The molecule has 3 heterocycles. The molecule has 0 spiro atoms. The summed E-state index contributed by atoms with van der Waals surface area (Å²) >= 11 is 13.6. The van der Waals surface area contributed by atoms with Crippen LogP contribution >= 0.6 is 34.5 Å². The van der Waals surface area contributed by atoms with E-state index in [1.807, 2.05) is 0 Å². The normalized spacial score (nSPS) is 19.7. The van der Waals surface area contributed by atoms with Crippen LogP contribution in [0.4, 0.5) is 5.69 Å². The monoisotopic (exact) mass is 486 g/mol. The van der Waals surface area contributed by atoms with Gasteiger partial charge in [-0.05, 0) is 31.4 Å². The molecule has 2 N–H and O–H groups in total. The number of ether oxygens (including phenoxy) is 1. The first kappa shape index (κ1) is 20.5. The number of benzene rings is 1. The number of aromatic amines is 1. The fourth-order valence-electron chi connectivity index (χ4n) is 4.22. The molecule has 2 aromatic heterocycles. The van der Waals surface area contributed by atoms with E-state index in [0.29, 0.717) is 39.8 Å². The highest BCUT2D eigenvalue weighted by Gasteiger charge is 2.47. The van der Waals surface area contributed by atoms with Crippen molar-refractivity contribution in [2.75, 3.05) is 31.0 Å². The molecule has 1 aliphatic heterocycles. The molecular formula is C19H20Cl2N4O3S2. The van der Waals surface area contributed by atoms with Gasteiger partial charge in [-0.15, -0.1) is 11.3 Å². The summed E-state index contributed by atoms with van der Waals surface area (Å²) in [5.74, 6) is 0. The Balaban J connectivity index is 1.45. The maximum atomic E-state index is 13.1. The Morgan fingerprint density at radius 2 is 1.97 bits per heavy atom. The number of rotatable bonds is 5. The Labute approximate surface area is 188 Å². The maximum Gasteiger partial charge on any atom is 0.273 e. The molecule has 160 valence electrons. The van der Waals surface area contributed by atoms with Crippen LogP contribution < -0.4 is 4.72 Å². The summed E-state index contributed by atoms with van der Waals surface area (Å²) in [6, 6.07) is 3.25. The van der Waals surface area contributed by atoms with E-state index in [9.17, 15) is 8.42 Å². The van der Waals surface area contributed by atoms with E-state index in [1.54, 1.807) is 18.3 Å². The number of H-pyrrole nitrogens is 1. The third-order valence-corrected chi connectivity index (χ3v) is 9.56. The maximum absolute atomic E-state index is 13.1. The van der Waals surface area contributed by atoms with Gasteiger partial charge < -0.3 is 9.72 Å². The van der Waals surface area contributed by atoms with E-state index < -0.39 is 10.0 Å². The molecule has 1 aliphatic carbocycles. The number of hydrogen-bond donors (Lipinski definition) is 2. The van der Waals surface area contributed by atoms with Crippen molar-refractivity contribution in [3.05, 3.63) is 39.6 Å². The average Bonchev–Trinajstić information content (AvgIpc) is 3.33. The number of thiazole rings is 1. The van der Waals surface area contributed by atoms with Gasteiger partial charge in [0.2, 0.25) is 0 Å². The summed E-state index contributed by atoms with van der Waals surface area (Å²) in [5.41, 5.74) is 0.773. The van der Waals surface area contributed by atoms with Gasteiger partial charge >= 0.3 is 0 Å². The van der Waals surface area contributed by atoms with Crippen LogP contribution in [0, 0.1) is 0 Å². The van der Waals surface area contributed by atoms with Crippen molar-refractivity contribution in [2.45, 2.75) is 29.0 Å². The van der Waals surface area contributed by atoms with E-state index in [1.165, 1.54) is 17.5 Å². The highest BCUT2D eigenvalue weighted by molar-refractivity contribution is 7.94. The van der Waals surface area contributed by atoms with Gasteiger partial charge in [-0.1, -0.05) is 23.2 Å². The van der Waals surface area contributed by atoms with Crippen molar-refractivity contribution < 1.29 is 13.2 Å². The summed E-state index contributed by atoms with van der Waals surface area (Å²) in [4.78, 5) is 9.92. The van der Waals surface area contributed by atoms with Crippen LogP contribution in [0.15, 0.2) is 28.7 Å². The molecule has 1 aromatic carbocycles. The third kappa shape index (κ3) is 3.32. The lowest BCUT2D eigenvalue weighted by atomic mass is 9.75. The van der Waals surface area contributed by atoms with Crippen LogP contribution in [0.5, 0.6) is 0 Å². The molecule has 0 atom stereocenters. The molecule has 30 heavy (non-hydrogen) atoms. The number of aromatic nitrogens is 2. The zero-order chi connectivity index (χ0) is 20.9. The van der Waals surface area contributed by atoms with Crippen molar-refractivity contribution in [2.24, 2.45) is 0 Å². The molecule has 0 unspecified atom stereocenters. The molecule has 3 aromatic rings. The topological polar surface area (TPSA) is 87.3 Å². The van der Waals surface area contributed by atoms with Gasteiger partial charge in [0.15, 0.2) is 4.21 Å². The summed E-state index contributed by atoms with van der Waals surface area (Å²) < 4.78 is 34.5. The molecule has 1 saturated heterocycles. The Morgan fingerprint density at radius 1 is 1.20 bits per heavy atom. The molecular weight excluding hydrogens is 467 g/mol. The van der Waals surface area contributed by atoms with Gasteiger partial charge in [0.05, 0.1) is 46.2 Å². The van der Waals surface area contributed by atoms with Crippen molar-refractivity contribution in [3.63, 3.8) is 0 Å². The Bertz CT molecular complexity index is 1200. The molecule has 7 nitrogen and oxygen atoms in total. The molecule has 1 saturated carbocycles. The van der Waals surface area contributed by atoms with Crippen molar-refractivity contribution in [1.29, 1.82) is 0 Å². The Hall–Kier alpha value is -1.36. The van der Waals surface area contributed by atoms with Crippen LogP contribution in [0.1, 0.15) is 24.3 Å². The first-order valence-electron chi connectivity index (χ1n) is 9.68. The quantitative estimate of drug-likeness (QED) is 0.556. The minimum absolute atomic E-state index is 0.164. The van der Waals surface area contributed by atoms with E-state index in [-0.39, 0.29) is 9.75 Å². The second-order valence-electron chi connectivity index (χ2n) is 7.56. The second kappa shape index (κ2) is 7.65. The third-order valence-electron chi connectivity index (χ3n) is 5.93. The first-order valence-corrected chi connectivity index (χ1v) is 12.7. The minimum Gasteiger partial charge on any atom is -0.379 e. The predicted molar refractivity (Wildman–Crippen MR) is 119 cm³/mol. The van der Waals surface area contributed by atoms with E-state index in [0.717, 1.165) is 37.4 Å². The van der Waals surface area contributed by atoms with Crippen LogP contribution in [0.2, 0.25) is 10.0 Å². The van der Waals surface area contributed by atoms with Gasteiger partial charge in [-0.3, -0.25) is 9.62 Å². The highest BCUT2D eigenvalue weighted by atomic mass is 35.5. The van der Waals surface area contributed by atoms with Crippen molar-refractivity contribution in [1.82, 2.24) is 14.9 Å². The van der Waals surface area contributed by atoms with Crippen LogP contribution in [-0.2, 0) is 20.3 Å². The lowest BCUT2D eigenvalue weighted by Crippen LogP contribution is -2.55. The number of nitrogens with zero attached hydrogens (tertiary/aromatic N) is 2. The van der Waals surface area contributed by atoms with Crippen LogP contribution in [-0.4, -0.2) is 49.6 Å². The van der Waals surface area contributed by atoms with Crippen molar-refractivity contribution >= 4 is 61.2 Å². The molecule has 5 rings (SSSR count). The standard InChI is InChI=1S/C19H20Cl2N4O3S2/c20-12-2-3-14(17-16(12)13(21)10-22-17)24-30(26,27)15-11-23-18(29-15)19(4-1-5-19)25-6-8-28-9-7-25/h2-3,10-11,22,24H,1,4-9H2. The van der Waals surface area contributed by atoms with E-state index in [4.69, 9.17) is 27.9 Å². The SMILES string of the molecule is O=S(=O)(Nc1ccc(Cl)c2c(Cl)c[nH]c12)c1cnc(C2(N3CCOCC3)CCC2)s1. The second-order valence-corrected chi connectivity index (χ2v) is 11.3.